The van der Waals surface area contributed by atoms with Crippen molar-refractivity contribution in [2.24, 2.45) is 13.0 Å². The van der Waals surface area contributed by atoms with Crippen LogP contribution in [-0.2, 0) is 7.05 Å². The van der Waals surface area contributed by atoms with E-state index in [1.807, 2.05) is 31.6 Å². The maximum absolute atomic E-state index is 5.97. The third kappa shape index (κ3) is 3.41. The molecule has 0 fully saturated rings. The van der Waals surface area contributed by atoms with Gasteiger partial charge >= 0.3 is 0 Å². The maximum Gasteiger partial charge on any atom is 0.125 e. The minimum atomic E-state index is 0.193. The van der Waals surface area contributed by atoms with E-state index in [4.69, 9.17) is 11.6 Å². The molecule has 2 unspecified atom stereocenters. The third-order valence-corrected chi connectivity index (χ3v) is 3.82. The molecule has 2 aromatic rings. The van der Waals surface area contributed by atoms with Crippen LogP contribution >= 0.6 is 11.6 Å². The summed E-state index contributed by atoms with van der Waals surface area (Å²) in [7, 11) is 2.02. The minimum Gasteiger partial charge on any atom is -0.337 e. The SMILES string of the molecule is CC(NC(c1ccc(Cl)cc1)C(C)C)c1nccn1C. The van der Waals surface area contributed by atoms with Gasteiger partial charge in [-0.2, -0.15) is 0 Å². The summed E-state index contributed by atoms with van der Waals surface area (Å²) in [4.78, 5) is 4.42. The fourth-order valence-electron chi connectivity index (χ4n) is 2.48. The van der Waals surface area contributed by atoms with E-state index in [2.05, 4.69) is 47.8 Å². The second kappa shape index (κ2) is 6.42. The Morgan fingerprint density at radius 2 is 1.80 bits per heavy atom. The lowest BCUT2D eigenvalue weighted by molar-refractivity contribution is 0.363. The molecule has 0 saturated heterocycles. The van der Waals surface area contributed by atoms with Gasteiger partial charge in [0.1, 0.15) is 5.82 Å². The van der Waals surface area contributed by atoms with Crippen LogP contribution in [0.25, 0.3) is 0 Å². The van der Waals surface area contributed by atoms with Gasteiger partial charge in [-0.3, -0.25) is 0 Å². The van der Waals surface area contributed by atoms with Crippen molar-refractivity contribution in [2.75, 3.05) is 0 Å². The van der Waals surface area contributed by atoms with Crippen LogP contribution in [0.3, 0.4) is 0 Å². The summed E-state index contributed by atoms with van der Waals surface area (Å²) in [6.07, 6.45) is 3.81. The average Bonchev–Trinajstić information content (AvgIpc) is 2.83. The summed E-state index contributed by atoms with van der Waals surface area (Å²) in [5.74, 6) is 1.53. The summed E-state index contributed by atoms with van der Waals surface area (Å²) in [5.41, 5.74) is 1.26. The quantitative estimate of drug-likeness (QED) is 0.898. The van der Waals surface area contributed by atoms with Crippen molar-refractivity contribution >= 4 is 11.6 Å². The van der Waals surface area contributed by atoms with E-state index in [0.717, 1.165) is 10.8 Å². The van der Waals surface area contributed by atoms with Crippen LogP contribution < -0.4 is 5.32 Å². The van der Waals surface area contributed by atoms with Gasteiger partial charge in [-0.25, -0.2) is 4.98 Å². The van der Waals surface area contributed by atoms with Crippen LogP contribution in [0.4, 0.5) is 0 Å². The first-order chi connectivity index (χ1) is 9.49. The zero-order chi connectivity index (χ0) is 14.7. The van der Waals surface area contributed by atoms with Crippen LogP contribution in [0.15, 0.2) is 36.7 Å². The van der Waals surface area contributed by atoms with Crippen molar-refractivity contribution in [2.45, 2.75) is 32.9 Å². The predicted octanol–water partition coefficient (Wildman–Crippen LogP) is 4.12. The highest BCUT2D eigenvalue weighted by atomic mass is 35.5. The predicted molar refractivity (Wildman–Crippen MR) is 83.8 cm³/mol. The van der Waals surface area contributed by atoms with E-state index >= 15 is 0 Å². The molecule has 20 heavy (non-hydrogen) atoms. The molecule has 2 rings (SSSR count). The average molecular weight is 292 g/mol. The molecular formula is C16H22ClN3. The Morgan fingerprint density at radius 1 is 1.15 bits per heavy atom. The minimum absolute atomic E-state index is 0.193. The van der Waals surface area contributed by atoms with Crippen molar-refractivity contribution < 1.29 is 0 Å². The van der Waals surface area contributed by atoms with Crippen LogP contribution in [0, 0.1) is 5.92 Å². The molecule has 108 valence electrons. The summed E-state index contributed by atoms with van der Waals surface area (Å²) in [6.45, 7) is 6.59. The zero-order valence-electron chi connectivity index (χ0n) is 12.5. The Labute approximate surface area is 126 Å². The number of benzene rings is 1. The highest BCUT2D eigenvalue weighted by Crippen LogP contribution is 2.26. The van der Waals surface area contributed by atoms with Crippen molar-refractivity contribution in [3.05, 3.63) is 53.1 Å². The van der Waals surface area contributed by atoms with Crippen LogP contribution in [0.2, 0.25) is 5.02 Å². The standard InChI is InChI=1S/C16H22ClN3/c1-11(2)15(13-5-7-14(17)8-6-13)19-12(3)16-18-9-10-20(16)4/h5-12,15,19H,1-4H3. The van der Waals surface area contributed by atoms with Gasteiger partial charge in [0.15, 0.2) is 0 Å². The van der Waals surface area contributed by atoms with Crippen molar-refractivity contribution in [1.29, 1.82) is 0 Å². The fourth-order valence-corrected chi connectivity index (χ4v) is 2.61. The molecule has 0 aliphatic carbocycles. The molecule has 2 atom stereocenters. The van der Waals surface area contributed by atoms with Gasteiger partial charge in [-0.05, 0) is 30.5 Å². The van der Waals surface area contributed by atoms with E-state index in [9.17, 15) is 0 Å². The largest absolute Gasteiger partial charge is 0.337 e. The number of aryl methyl sites for hydroxylation is 1. The molecule has 1 aromatic heterocycles. The lowest BCUT2D eigenvalue weighted by Gasteiger charge is -2.27. The molecule has 0 aliphatic rings. The van der Waals surface area contributed by atoms with Gasteiger partial charge in [-0.1, -0.05) is 37.6 Å². The highest BCUT2D eigenvalue weighted by molar-refractivity contribution is 6.30. The molecule has 0 radical (unpaired) electrons. The van der Waals surface area contributed by atoms with E-state index in [0.29, 0.717) is 5.92 Å². The Morgan fingerprint density at radius 3 is 2.30 bits per heavy atom. The van der Waals surface area contributed by atoms with Gasteiger partial charge < -0.3 is 9.88 Å². The fraction of sp³-hybridized carbons (Fsp3) is 0.438. The summed E-state index contributed by atoms with van der Waals surface area (Å²) in [6, 6.07) is 8.53. The van der Waals surface area contributed by atoms with Crippen molar-refractivity contribution in [3.8, 4) is 0 Å². The highest BCUT2D eigenvalue weighted by Gasteiger charge is 2.20. The number of rotatable bonds is 5. The maximum atomic E-state index is 5.97. The topological polar surface area (TPSA) is 29.9 Å². The molecule has 3 nitrogen and oxygen atoms in total. The Hall–Kier alpha value is -1.32. The van der Waals surface area contributed by atoms with Crippen LogP contribution in [0.5, 0.6) is 0 Å². The zero-order valence-corrected chi connectivity index (χ0v) is 13.2. The molecule has 1 N–H and O–H groups in total. The lowest BCUT2D eigenvalue weighted by atomic mass is 9.95. The summed E-state index contributed by atoms with van der Waals surface area (Å²) in [5, 5.41) is 4.44. The number of imidazole rings is 1. The van der Waals surface area contributed by atoms with E-state index in [1.54, 1.807) is 0 Å². The smallest absolute Gasteiger partial charge is 0.125 e. The normalized spacial score (nSPS) is 14.5. The van der Waals surface area contributed by atoms with E-state index in [1.165, 1.54) is 5.56 Å². The van der Waals surface area contributed by atoms with Gasteiger partial charge in [-0.15, -0.1) is 0 Å². The number of hydrogen-bond donors (Lipinski definition) is 1. The molecule has 4 heteroatoms. The first-order valence-electron chi connectivity index (χ1n) is 6.97. The Kier molecular flexibility index (Phi) is 4.84. The lowest BCUT2D eigenvalue weighted by Crippen LogP contribution is -2.29. The van der Waals surface area contributed by atoms with Crippen molar-refractivity contribution in [3.63, 3.8) is 0 Å². The monoisotopic (exact) mass is 291 g/mol. The number of halogens is 1. The van der Waals surface area contributed by atoms with E-state index < -0.39 is 0 Å². The van der Waals surface area contributed by atoms with Crippen LogP contribution in [-0.4, -0.2) is 9.55 Å². The number of aromatic nitrogens is 2. The third-order valence-electron chi connectivity index (χ3n) is 3.57. The van der Waals surface area contributed by atoms with Gasteiger partial charge in [0, 0.05) is 30.5 Å². The molecule has 0 saturated carbocycles. The summed E-state index contributed by atoms with van der Waals surface area (Å²) >= 11 is 5.97. The molecule has 0 aliphatic heterocycles. The van der Waals surface area contributed by atoms with Crippen molar-refractivity contribution in [1.82, 2.24) is 14.9 Å². The molecule has 0 bridgehead atoms. The van der Waals surface area contributed by atoms with Gasteiger partial charge in [0.2, 0.25) is 0 Å². The van der Waals surface area contributed by atoms with E-state index in [-0.39, 0.29) is 12.1 Å². The molecule has 0 amide bonds. The second-order valence-corrected chi connectivity index (χ2v) is 5.99. The molecule has 1 heterocycles. The van der Waals surface area contributed by atoms with Gasteiger partial charge in [0.05, 0.1) is 6.04 Å². The first kappa shape index (κ1) is 15.1. The second-order valence-electron chi connectivity index (χ2n) is 5.56. The first-order valence-corrected chi connectivity index (χ1v) is 7.35. The number of nitrogens with zero attached hydrogens (tertiary/aromatic N) is 2. The summed E-state index contributed by atoms with van der Waals surface area (Å²) < 4.78 is 2.05. The molecule has 1 aromatic carbocycles. The van der Waals surface area contributed by atoms with Crippen LogP contribution in [0.1, 0.15) is 44.2 Å². The molecular weight excluding hydrogens is 270 g/mol. The number of hydrogen-bond acceptors (Lipinski definition) is 2. The Balaban J connectivity index is 2.18. The molecule has 0 spiro atoms. The number of nitrogens with one attached hydrogen (secondary N) is 1. The van der Waals surface area contributed by atoms with Gasteiger partial charge in [0.25, 0.3) is 0 Å². The Bertz CT molecular complexity index is 545.